The summed E-state index contributed by atoms with van der Waals surface area (Å²) in [6, 6.07) is 16.2. The molecular weight excluding hydrogens is 344 g/mol. The minimum absolute atomic E-state index is 0.537. The Labute approximate surface area is 159 Å². The van der Waals surface area contributed by atoms with Crippen LogP contribution >= 0.6 is 12.2 Å². The van der Waals surface area contributed by atoms with E-state index in [1.54, 1.807) is 13.3 Å². The average Bonchev–Trinajstić information content (AvgIpc) is 3.09. The highest BCUT2D eigenvalue weighted by atomic mass is 32.1. The molecular formula is C20H22N4OS. The number of nitrogens with zero attached hydrogens (tertiary/aromatic N) is 2. The molecule has 134 valence electrons. The molecule has 0 saturated heterocycles. The van der Waals surface area contributed by atoms with Crippen LogP contribution in [0.5, 0.6) is 5.75 Å². The lowest BCUT2D eigenvalue weighted by atomic mass is 10.1. The van der Waals surface area contributed by atoms with E-state index in [1.807, 2.05) is 47.3 Å². The smallest absolute Gasteiger partial charge is 0.175 e. The van der Waals surface area contributed by atoms with E-state index in [4.69, 9.17) is 17.0 Å². The maximum absolute atomic E-state index is 5.38. The monoisotopic (exact) mass is 366 g/mol. The van der Waals surface area contributed by atoms with Gasteiger partial charge in [0, 0.05) is 11.9 Å². The molecule has 2 aromatic carbocycles. The number of thiocarbonyl (C=S) groups is 1. The first-order chi connectivity index (χ1) is 12.7. The zero-order chi connectivity index (χ0) is 18.4. The minimum Gasteiger partial charge on any atom is -0.497 e. The van der Waals surface area contributed by atoms with Crippen LogP contribution in [-0.2, 0) is 13.0 Å². The van der Waals surface area contributed by atoms with E-state index < -0.39 is 0 Å². The standard InChI is InChI=1S/C20H22N4OS/c1-3-15-7-9-17(10-8-15)22-20(26)23-18-12-21-24(14-18)13-16-5-4-6-19(11-16)25-2/h4-12,14H,3,13H2,1-2H3,(H2,22,23,26). The largest absolute Gasteiger partial charge is 0.497 e. The Bertz CT molecular complexity index is 874. The third kappa shape index (κ3) is 4.83. The summed E-state index contributed by atoms with van der Waals surface area (Å²) in [7, 11) is 1.67. The van der Waals surface area contributed by atoms with Crippen molar-refractivity contribution in [1.82, 2.24) is 9.78 Å². The molecule has 0 aliphatic heterocycles. The number of hydrogen-bond donors (Lipinski definition) is 2. The molecule has 2 N–H and O–H groups in total. The summed E-state index contributed by atoms with van der Waals surface area (Å²) in [5.74, 6) is 0.840. The first-order valence-electron chi connectivity index (χ1n) is 8.48. The van der Waals surface area contributed by atoms with Gasteiger partial charge in [-0.25, -0.2) is 0 Å². The predicted molar refractivity (Wildman–Crippen MR) is 110 cm³/mol. The molecule has 1 heterocycles. The normalized spacial score (nSPS) is 10.4. The molecule has 0 aliphatic rings. The van der Waals surface area contributed by atoms with Gasteiger partial charge in [-0.1, -0.05) is 31.2 Å². The molecule has 0 aliphatic carbocycles. The molecule has 0 amide bonds. The van der Waals surface area contributed by atoms with E-state index in [0.29, 0.717) is 11.7 Å². The Kier molecular flexibility index (Phi) is 5.86. The zero-order valence-electron chi connectivity index (χ0n) is 14.9. The summed E-state index contributed by atoms with van der Waals surface area (Å²) in [5.41, 5.74) is 4.23. The third-order valence-electron chi connectivity index (χ3n) is 3.99. The van der Waals surface area contributed by atoms with Gasteiger partial charge in [-0.05, 0) is 54.0 Å². The molecule has 1 aromatic heterocycles. The Morgan fingerprint density at radius 1 is 1.08 bits per heavy atom. The van der Waals surface area contributed by atoms with Crippen molar-refractivity contribution in [3.8, 4) is 5.75 Å². The van der Waals surface area contributed by atoms with E-state index >= 15 is 0 Å². The summed E-state index contributed by atoms with van der Waals surface area (Å²) >= 11 is 5.38. The fourth-order valence-corrected chi connectivity index (χ4v) is 2.83. The van der Waals surface area contributed by atoms with Crippen LogP contribution in [0.1, 0.15) is 18.1 Å². The number of methoxy groups -OCH3 is 1. The Morgan fingerprint density at radius 3 is 2.58 bits per heavy atom. The number of nitrogens with one attached hydrogen (secondary N) is 2. The molecule has 0 atom stereocenters. The van der Waals surface area contributed by atoms with Gasteiger partial charge >= 0.3 is 0 Å². The van der Waals surface area contributed by atoms with Gasteiger partial charge in [-0.15, -0.1) is 0 Å². The fourth-order valence-electron chi connectivity index (χ4n) is 2.59. The Hall–Kier alpha value is -2.86. The van der Waals surface area contributed by atoms with Crippen molar-refractivity contribution in [2.75, 3.05) is 17.7 Å². The van der Waals surface area contributed by atoms with Crippen LogP contribution in [0.4, 0.5) is 11.4 Å². The van der Waals surface area contributed by atoms with Gasteiger partial charge in [0.25, 0.3) is 0 Å². The van der Waals surface area contributed by atoms with Crippen LogP contribution in [0.25, 0.3) is 0 Å². The van der Waals surface area contributed by atoms with Gasteiger partial charge in [0.2, 0.25) is 0 Å². The summed E-state index contributed by atoms with van der Waals surface area (Å²) < 4.78 is 7.11. The van der Waals surface area contributed by atoms with Gasteiger partial charge in [0.15, 0.2) is 5.11 Å². The summed E-state index contributed by atoms with van der Waals surface area (Å²) in [4.78, 5) is 0. The van der Waals surface area contributed by atoms with E-state index in [0.717, 1.165) is 29.1 Å². The van der Waals surface area contributed by atoms with Crippen molar-refractivity contribution >= 4 is 28.7 Å². The summed E-state index contributed by atoms with van der Waals surface area (Å²) in [6.07, 6.45) is 4.71. The van der Waals surface area contributed by atoms with Crippen molar-refractivity contribution in [2.24, 2.45) is 0 Å². The zero-order valence-corrected chi connectivity index (χ0v) is 15.7. The van der Waals surface area contributed by atoms with Gasteiger partial charge in [-0.3, -0.25) is 4.68 Å². The van der Waals surface area contributed by atoms with Crippen molar-refractivity contribution in [1.29, 1.82) is 0 Å². The van der Waals surface area contributed by atoms with Gasteiger partial charge < -0.3 is 15.4 Å². The molecule has 3 rings (SSSR count). The molecule has 6 heteroatoms. The van der Waals surface area contributed by atoms with Crippen molar-refractivity contribution in [3.63, 3.8) is 0 Å². The topological polar surface area (TPSA) is 51.1 Å². The van der Waals surface area contributed by atoms with Gasteiger partial charge in [0.05, 0.1) is 25.5 Å². The van der Waals surface area contributed by atoms with E-state index in [9.17, 15) is 0 Å². The van der Waals surface area contributed by atoms with Gasteiger partial charge in [0.1, 0.15) is 5.75 Å². The molecule has 0 fully saturated rings. The second-order valence-corrected chi connectivity index (χ2v) is 6.32. The van der Waals surface area contributed by atoms with E-state index in [2.05, 4.69) is 34.8 Å². The second kappa shape index (κ2) is 8.49. The van der Waals surface area contributed by atoms with Crippen molar-refractivity contribution < 1.29 is 4.74 Å². The highest BCUT2D eigenvalue weighted by molar-refractivity contribution is 7.80. The molecule has 0 saturated carbocycles. The van der Waals surface area contributed by atoms with Crippen LogP contribution in [-0.4, -0.2) is 22.0 Å². The number of aromatic nitrogens is 2. The molecule has 3 aromatic rings. The Morgan fingerprint density at radius 2 is 1.85 bits per heavy atom. The number of ether oxygens (including phenoxy) is 1. The van der Waals surface area contributed by atoms with Crippen molar-refractivity contribution in [3.05, 3.63) is 72.1 Å². The molecule has 26 heavy (non-hydrogen) atoms. The quantitative estimate of drug-likeness (QED) is 0.637. The Balaban J connectivity index is 1.57. The summed E-state index contributed by atoms with van der Waals surface area (Å²) in [5, 5.41) is 11.3. The SMILES string of the molecule is CCc1ccc(NC(=S)Nc2cnn(Cc3cccc(OC)c3)c2)cc1. The summed E-state index contributed by atoms with van der Waals surface area (Å²) in [6.45, 7) is 2.80. The number of anilines is 2. The minimum atomic E-state index is 0.537. The lowest BCUT2D eigenvalue weighted by Crippen LogP contribution is -2.18. The lowest BCUT2D eigenvalue weighted by molar-refractivity contribution is 0.414. The fraction of sp³-hybridized carbons (Fsp3) is 0.200. The number of benzene rings is 2. The predicted octanol–water partition coefficient (Wildman–Crippen LogP) is 4.31. The van der Waals surface area contributed by atoms with Crippen LogP contribution in [0, 0.1) is 0 Å². The molecule has 0 bridgehead atoms. The number of aryl methyl sites for hydroxylation is 1. The molecule has 0 unspecified atom stereocenters. The first-order valence-corrected chi connectivity index (χ1v) is 8.89. The van der Waals surface area contributed by atoms with Crippen LogP contribution in [0.15, 0.2) is 60.9 Å². The lowest BCUT2D eigenvalue weighted by Gasteiger charge is -2.09. The van der Waals surface area contributed by atoms with Crippen molar-refractivity contribution in [2.45, 2.75) is 19.9 Å². The number of hydrogen-bond acceptors (Lipinski definition) is 3. The average molecular weight is 366 g/mol. The van der Waals surface area contributed by atoms with E-state index in [-0.39, 0.29) is 0 Å². The first kappa shape index (κ1) is 17.9. The maximum Gasteiger partial charge on any atom is 0.175 e. The molecule has 5 nitrogen and oxygen atoms in total. The molecule has 0 radical (unpaired) electrons. The van der Waals surface area contributed by atoms with Crippen LogP contribution in [0.3, 0.4) is 0 Å². The third-order valence-corrected chi connectivity index (χ3v) is 4.19. The second-order valence-electron chi connectivity index (χ2n) is 5.91. The van der Waals surface area contributed by atoms with E-state index in [1.165, 1.54) is 5.56 Å². The highest BCUT2D eigenvalue weighted by Gasteiger charge is 2.04. The highest BCUT2D eigenvalue weighted by Crippen LogP contribution is 2.15. The molecule has 0 spiro atoms. The van der Waals surface area contributed by atoms with Crippen LogP contribution in [0.2, 0.25) is 0 Å². The number of rotatable bonds is 6. The maximum atomic E-state index is 5.38. The van der Waals surface area contributed by atoms with Gasteiger partial charge in [-0.2, -0.15) is 5.10 Å². The van der Waals surface area contributed by atoms with Crippen LogP contribution < -0.4 is 15.4 Å².